The van der Waals surface area contributed by atoms with Gasteiger partial charge in [-0.15, -0.1) is 0 Å². The Labute approximate surface area is 128 Å². The predicted octanol–water partition coefficient (Wildman–Crippen LogP) is -1.40. The lowest BCUT2D eigenvalue weighted by Gasteiger charge is -2.16. The van der Waals surface area contributed by atoms with Crippen LogP contribution in [0.2, 0.25) is 0 Å². The summed E-state index contributed by atoms with van der Waals surface area (Å²) in [6.45, 7) is 4.32. The van der Waals surface area contributed by atoms with Gasteiger partial charge in [-0.1, -0.05) is 0 Å². The topological polar surface area (TPSA) is 114 Å². The quantitative estimate of drug-likeness (QED) is 0.325. The number of rotatable bonds is 8. The summed E-state index contributed by atoms with van der Waals surface area (Å²) in [5.74, 6) is -1.89. The summed E-state index contributed by atoms with van der Waals surface area (Å²) in [4.78, 5) is 45.4. The first-order valence-corrected chi connectivity index (χ1v) is 7.06. The maximum Gasteiger partial charge on any atom is 0.328 e. The van der Waals surface area contributed by atoms with Crippen LogP contribution in [0.5, 0.6) is 0 Å². The zero-order chi connectivity index (χ0) is 16.4. The molecule has 0 heterocycles. The third kappa shape index (κ3) is 8.18. The third-order valence-electron chi connectivity index (χ3n) is 2.32. The minimum absolute atomic E-state index is 0.103. The van der Waals surface area contributed by atoms with Crippen LogP contribution < -0.4 is 16.0 Å². The average molecular weight is 319 g/mol. The number of ether oxygens (including phenoxy) is 1. The molecule has 0 saturated heterocycles. The van der Waals surface area contributed by atoms with Gasteiger partial charge in [-0.25, -0.2) is 4.79 Å². The van der Waals surface area contributed by atoms with Crippen molar-refractivity contribution < 1.29 is 23.9 Å². The molecule has 0 fully saturated rings. The van der Waals surface area contributed by atoms with Crippen LogP contribution in [0.1, 0.15) is 20.8 Å². The highest BCUT2D eigenvalue weighted by Crippen LogP contribution is 1.90. The molecule has 0 aliphatic rings. The summed E-state index contributed by atoms with van der Waals surface area (Å²) in [5, 5.41) is 7.13. The first kappa shape index (κ1) is 19.2. The van der Waals surface area contributed by atoms with Gasteiger partial charge in [0.25, 0.3) is 0 Å². The van der Waals surface area contributed by atoms with Gasteiger partial charge >= 0.3 is 5.97 Å². The molecule has 0 bridgehead atoms. The zero-order valence-corrected chi connectivity index (χ0v) is 13.2. The van der Waals surface area contributed by atoms with Crippen molar-refractivity contribution in [2.45, 2.75) is 32.9 Å². The molecular formula is C12H21N3O5S. The van der Waals surface area contributed by atoms with Crippen molar-refractivity contribution in [3.05, 3.63) is 0 Å². The summed E-state index contributed by atoms with van der Waals surface area (Å²) in [7, 11) is 0. The molecule has 0 saturated carbocycles. The molecule has 0 aromatic carbocycles. The van der Waals surface area contributed by atoms with E-state index < -0.39 is 29.9 Å². The number of amides is 3. The van der Waals surface area contributed by atoms with Crippen LogP contribution in [0.25, 0.3) is 0 Å². The molecule has 0 rings (SSSR count). The SMILES string of the molecule is CCOC(=O)[C@H](C)NC(=O)CNC(=O)[C@H](CS)NC(C)=O. The van der Waals surface area contributed by atoms with Crippen molar-refractivity contribution in [3.63, 3.8) is 0 Å². The molecule has 3 amide bonds. The summed E-state index contributed by atoms with van der Waals surface area (Å²) in [6, 6.07) is -1.62. The standard InChI is InChI=1S/C12H21N3O5S/c1-4-20-12(19)7(2)14-10(17)5-13-11(18)9(6-21)15-8(3)16/h7,9,21H,4-6H2,1-3H3,(H,13,18)(H,14,17)(H,15,16)/t7-,9-/m0/s1. The van der Waals surface area contributed by atoms with Gasteiger partial charge in [-0.2, -0.15) is 12.6 Å². The van der Waals surface area contributed by atoms with Crippen LogP contribution in [-0.4, -0.2) is 54.7 Å². The maximum absolute atomic E-state index is 11.7. The number of esters is 1. The van der Waals surface area contributed by atoms with Gasteiger partial charge in [-0.05, 0) is 13.8 Å². The number of nitrogens with one attached hydrogen (secondary N) is 3. The van der Waals surface area contributed by atoms with Crippen LogP contribution in [0, 0.1) is 0 Å². The molecule has 9 heteroatoms. The normalized spacial score (nSPS) is 12.8. The molecule has 21 heavy (non-hydrogen) atoms. The van der Waals surface area contributed by atoms with E-state index in [2.05, 4.69) is 28.6 Å². The van der Waals surface area contributed by atoms with E-state index in [1.54, 1.807) is 6.92 Å². The number of hydrogen-bond donors (Lipinski definition) is 4. The highest BCUT2D eigenvalue weighted by atomic mass is 32.1. The molecule has 0 aromatic rings. The van der Waals surface area contributed by atoms with E-state index in [0.29, 0.717) is 0 Å². The molecule has 0 radical (unpaired) electrons. The van der Waals surface area contributed by atoms with Crippen LogP contribution in [0.4, 0.5) is 0 Å². The lowest BCUT2D eigenvalue weighted by molar-refractivity contribution is -0.146. The van der Waals surface area contributed by atoms with Crippen LogP contribution in [-0.2, 0) is 23.9 Å². The second-order valence-electron chi connectivity index (χ2n) is 4.19. The Balaban J connectivity index is 4.20. The van der Waals surface area contributed by atoms with Gasteiger partial charge in [0, 0.05) is 12.7 Å². The largest absolute Gasteiger partial charge is 0.464 e. The Morgan fingerprint density at radius 1 is 1.19 bits per heavy atom. The highest BCUT2D eigenvalue weighted by molar-refractivity contribution is 7.80. The van der Waals surface area contributed by atoms with E-state index in [0.717, 1.165) is 0 Å². The molecule has 2 atom stereocenters. The first-order chi connectivity index (χ1) is 9.81. The van der Waals surface area contributed by atoms with Gasteiger partial charge in [0.1, 0.15) is 12.1 Å². The van der Waals surface area contributed by atoms with Crippen molar-refractivity contribution in [3.8, 4) is 0 Å². The molecule has 0 aliphatic carbocycles. The molecule has 0 spiro atoms. The van der Waals surface area contributed by atoms with E-state index in [-0.39, 0.29) is 24.8 Å². The van der Waals surface area contributed by atoms with E-state index in [1.165, 1.54) is 13.8 Å². The fourth-order valence-corrected chi connectivity index (χ4v) is 1.61. The molecule has 0 unspecified atom stereocenters. The third-order valence-corrected chi connectivity index (χ3v) is 2.68. The number of thiol groups is 1. The van der Waals surface area contributed by atoms with Crippen LogP contribution in [0.15, 0.2) is 0 Å². The zero-order valence-electron chi connectivity index (χ0n) is 12.3. The Morgan fingerprint density at radius 2 is 1.81 bits per heavy atom. The summed E-state index contributed by atoms with van der Waals surface area (Å²) < 4.78 is 4.73. The van der Waals surface area contributed by atoms with Gasteiger partial charge in [0.2, 0.25) is 17.7 Å². The fourth-order valence-electron chi connectivity index (χ4n) is 1.35. The summed E-state index contributed by atoms with van der Waals surface area (Å²) in [5.41, 5.74) is 0. The number of hydrogen-bond acceptors (Lipinski definition) is 6. The minimum Gasteiger partial charge on any atom is -0.464 e. The van der Waals surface area contributed by atoms with Gasteiger partial charge in [0.05, 0.1) is 13.2 Å². The molecule has 8 nitrogen and oxygen atoms in total. The van der Waals surface area contributed by atoms with Crippen LogP contribution >= 0.6 is 12.6 Å². The van der Waals surface area contributed by atoms with Gasteiger partial charge in [-0.3, -0.25) is 14.4 Å². The molecular weight excluding hydrogens is 298 g/mol. The van der Waals surface area contributed by atoms with Crippen molar-refractivity contribution in [1.29, 1.82) is 0 Å². The lowest BCUT2D eigenvalue weighted by atomic mass is 10.3. The second-order valence-corrected chi connectivity index (χ2v) is 4.56. The Morgan fingerprint density at radius 3 is 2.29 bits per heavy atom. The van der Waals surface area contributed by atoms with E-state index >= 15 is 0 Å². The fraction of sp³-hybridized carbons (Fsp3) is 0.667. The van der Waals surface area contributed by atoms with Gasteiger partial charge < -0.3 is 20.7 Å². The molecule has 3 N–H and O–H groups in total. The van der Waals surface area contributed by atoms with Crippen molar-refractivity contribution in [2.24, 2.45) is 0 Å². The van der Waals surface area contributed by atoms with E-state index in [4.69, 9.17) is 4.74 Å². The molecule has 0 aliphatic heterocycles. The van der Waals surface area contributed by atoms with Crippen molar-refractivity contribution in [2.75, 3.05) is 18.9 Å². The average Bonchev–Trinajstić information content (AvgIpc) is 2.42. The molecule has 0 aromatic heterocycles. The van der Waals surface area contributed by atoms with E-state index in [1.807, 2.05) is 0 Å². The Hall–Kier alpha value is -1.77. The Bertz CT molecular complexity index is 402. The summed E-state index contributed by atoms with van der Waals surface area (Å²) in [6.07, 6.45) is 0. The predicted molar refractivity (Wildman–Crippen MR) is 78.7 cm³/mol. The van der Waals surface area contributed by atoms with Crippen molar-refractivity contribution in [1.82, 2.24) is 16.0 Å². The lowest BCUT2D eigenvalue weighted by Crippen LogP contribution is -2.50. The van der Waals surface area contributed by atoms with Gasteiger partial charge in [0.15, 0.2) is 0 Å². The number of carbonyl (C=O) groups excluding carboxylic acids is 4. The second kappa shape index (κ2) is 10.0. The minimum atomic E-state index is -0.818. The Kier molecular flexibility index (Phi) is 9.18. The maximum atomic E-state index is 11.7. The highest BCUT2D eigenvalue weighted by Gasteiger charge is 2.20. The molecule has 120 valence electrons. The summed E-state index contributed by atoms with van der Waals surface area (Å²) >= 11 is 3.94. The van der Waals surface area contributed by atoms with Crippen LogP contribution in [0.3, 0.4) is 0 Å². The van der Waals surface area contributed by atoms with E-state index in [9.17, 15) is 19.2 Å². The monoisotopic (exact) mass is 319 g/mol. The first-order valence-electron chi connectivity index (χ1n) is 6.43. The smallest absolute Gasteiger partial charge is 0.328 e. The van der Waals surface area contributed by atoms with Crippen molar-refractivity contribution >= 4 is 36.3 Å². The number of carbonyl (C=O) groups is 4.